The largest absolute Gasteiger partial charge is 0.321 e. The van der Waals surface area contributed by atoms with Gasteiger partial charge in [-0.3, -0.25) is 0 Å². The summed E-state index contributed by atoms with van der Waals surface area (Å²) in [6.45, 7) is 2.30. The van der Waals surface area contributed by atoms with E-state index in [2.05, 4.69) is 35.2 Å². The van der Waals surface area contributed by atoms with Crippen LogP contribution in [0.25, 0.3) is 0 Å². The summed E-state index contributed by atoms with van der Waals surface area (Å²) < 4.78 is 13.1. The topological polar surface area (TPSA) is 29.3 Å². The van der Waals surface area contributed by atoms with E-state index in [-0.39, 0.29) is 11.4 Å². The maximum absolute atomic E-state index is 13.1. The molecule has 1 heterocycles. The van der Waals surface area contributed by atoms with Gasteiger partial charge in [0.05, 0.1) is 0 Å². The fourth-order valence-electron chi connectivity index (χ4n) is 4.87. The molecule has 2 aliphatic rings. The summed E-state index contributed by atoms with van der Waals surface area (Å²) >= 11 is 0. The van der Waals surface area contributed by atoms with Crippen LogP contribution < -0.4 is 5.73 Å². The molecule has 1 aliphatic heterocycles. The monoisotopic (exact) mass is 352 g/mol. The Balaban J connectivity index is 1.31. The average Bonchev–Trinajstić information content (AvgIpc) is 2.70. The molecular formula is C23H29FN2. The minimum Gasteiger partial charge on any atom is -0.321 e. The molecule has 2 aromatic rings. The van der Waals surface area contributed by atoms with Crippen LogP contribution in [0.5, 0.6) is 0 Å². The van der Waals surface area contributed by atoms with Crippen LogP contribution >= 0.6 is 0 Å². The van der Waals surface area contributed by atoms with Crippen LogP contribution in [0, 0.1) is 5.82 Å². The number of piperidine rings is 1. The van der Waals surface area contributed by atoms with Crippen molar-refractivity contribution in [2.24, 2.45) is 5.73 Å². The number of halogens is 1. The predicted molar refractivity (Wildman–Crippen MR) is 105 cm³/mol. The number of rotatable bonds is 3. The molecule has 3 heteroatoms. The average molecular weight is 352 g/mol. The number of nitrogens with zero attached hydrogens (tertiary/aromatic N) is 1. The Hall–Kier alpha value is -1.71. The standard InChI is InChI=1S/C23H29FN2/c24-21-8-6-18(7-9-21)19-12-16-26(17-13-19)22-10-14-23(25,15-11-22)20-4-2-1-3-5-20/h1-9,19,22H,10-17,25H2. The third-order valence-corrected chi connectivity index (χ3v) is 6.58. The maximum atomic E-state index is 13.1. The van der Waals surface area contributed by atoms with Crippen LogP contribution in [0.15, 0.2) is 54.6 Å². The molecule has 2 N–H and O–H groups in total. The highest BCUT2D eigenvalue weighted by Gasteiger charge is 2.36. The van der Waals surface area contributed by atoms with Crippen molar-refractivity contribution in [3.05, 3.63) is 71.5 Å². The summed E-state index contributed by atoms with van der Waals surface area (Å²) in [5.41, 5.74) is 9.16. The summed E-state index contributed by atoms with van der Waals surface area (Å²) in [4.78, 5) is 2.67. The van der Waals surface area contributed by atoms with Crippen molar-refractivity contribution in [2.45, 2.75) is 56.0 Å². The van der Waals surface area contributed by atoms with Gasteiger partial charge in [-0.05, 0) is 80.8 Å². The van der Waals surface area contributed by atoms with Gasteiger partial charge in [-0.25, -0.2) is 4.39 Å². The van der Waals surface area contributed by atoms with Gasteiger partial charge in [-0.2, -0.15) is 0 Å². The molecule has 0 radical (unpaired) electrons. The molecule has 26 heavy (non-hydrogen) atoms. The van der Waals surface area contributed by atoms with E-state index in [4.69, 9.17) is 5.73 Å². The fourth-order valence-corrected chi connectivity index (χ4v) is 4.87. The van der Waals surface area contributed by atoms with E-state index >= 15 is 0 Å². The lowest BCUT2D eigenvalue weighted by Crippen LogP contribution is -2.48. The molecule has 0 atom stereocenters. The van der Waals surface area contributed by atoms with Gasteiger partial charge in [0, 0.05) is 11.6 Å². The summed E-state index contributed by atoms with van der Waals surface area (Å²) in [7, 11) is 0. The highest BCUT2D eigenvalue weighted by atomic mass is 19.1. The highest BCUT2D eigenvalue weighted by molar-refractivity contribution is 5.25. The van der Waals surface area contributed by atoms with Crippen molar-refractivity contribution in [1.82, 2.24) is 4.90 Å². The second-order valence-electron chi connectivity index (χ2n) is 8.12. The van der Waals surface area contributed by atoms with E-state index in [1.54, 1.807) is 12.1 Å². The van der Waals surface area contributed by atoms with Crippen LogP contribution in [-0.4, -0.2) is 24.0 Å². The van der Waals surface area contributed by atoms with Gasteiger partial charge < -0.3 is 10.6 Å². The van der Waals surface area contributed by atoms with Crippen molar-refractivity contribution in [2.75, 3.05) is 13.1 Å². The molecule has 0 amide bonds. The summed E-state index contributed by atoms with van der Waals surface area (Å²) in [5, 5.41) is 0. The third-order valence-electron chi connectivity index (χ3n) is 6.58. The van der Waals surface area contributed by atoms with E-state index in [9.17, 15) is 4.39 Å². The summed E-state index contributed by atoms with van der Waals surface area (Å²) in [6, 6.07) is 18.4. The molecule has 0 aromatic heterocycles. The Bertz CT molecular complexity index is 697. The second kappa shape index (κ2) is 7.50. The van der Waals surface area contributed by atoms with Crippen LogP contribution in [0.2, 0.25) is 0 Å². The van der Waals surface area contributed by atoms with Crippen molar-refractivity contribution >= 4 is 0 Å². The Labute approximate surface area is 156 Å². The minimum absolute atomic E-state index is 0.142. The maximum Gasteiger partial charge on any atom is 0.123 e. The van der Waals surface area contributed by atoms with Crippen LogP contribution in [-0.2, 0) is 5.54 Å². The van der Waals surface area contributed by atoms with E-state index in [1.807, 2.05) is 12.1 Å². The first-order chi connectivity index (χ1) is 12.6. The molecule has 1 saturated heterocycles. The number of nitrogens with two attached hydrogens (primary N) is 1. The van der Waals surface area contributed by atoms with Crippen molar-refractivity contribution < 1.29 is 4.39 Å². The summed E-state index contributed by atoms with van der Waals surface area (Å²) in [5.74, 6) is 0.436. The van der Waals surface area contributed by atoms with Gasteiger partial charge in [0.25, 0.3) is 0 Å². The zero-order valence-corrected chi connectivity index (χ0v) is 15.4. The molecule has 1 saturated carbocycles. The van der Waals surface area contributed by atoms with E-state index in [1.165, 1.54) is 36.8 Å². The Morgan fingerprint density at radius 3 is 2.08 bits per heavy atom. The van der Waals surface area contributed by atoms with Gasteiger partial charge in [-0.1, -0.05) is 42.5 Å². The SMILES string of the molecule is NC1(c2ccccc2)CCC(N2CCC(c3ccc(F)cc3)CC2)CC1. The molecule has 0 unspecified atom stereocenters. The molecule has 0 bridgehead atoms. The normalized spacial score (nSPS) is 28.2. The van der Waals surface area contributed by atoms with Crippen molar-refractivity contribution in [3.8, 4) is 0 Å². The number of hydrogen-bond acceptors (Lipinski definition) is 2. The van der Waals surface area contributed by atoms with Gasteiger partial charge in [0.15, 0.2) is 0 Å². The van der Waals surface area contributed by atoms with E-state index in [0.29, 0.717) is 12.0 Å². The number of likely N-dealkylation sites (tertiary alicyclic amines) is 1. The Morgan fingerprint density at radius 2 is 1.46 bits per heavy atom. The molecule has 0 spiro atoms. The third kappa shape index (κ3) is 3.70. The second-order valence-corrected chi connectivity index (χ2v) is 8.12. The molecule has 2 nitrogen and oxygen atoms in total. The number of benzene rings is 2. The zero-order valence-electron chi connectivity index (χ0n) is 15.4. The predicted octanol–water partition coefficient (Wildman–Crippen LogP) is 4.80. The van der Waals surface area contributed by atoms with Gasteiger partial charge in [0.1, 0.15) is 5.82 Å². The zero-order chi connectivity index (χ0) is 18.0. The first-order valence-corrected chi connectivity index (χ1v) is 9.98. The van der Waals surface area contributed by atoms with Crippen LogP contribution in [0.1, 0.15) is 55.6 Å². The fraction of sp³-hybridized carbons (Fsp3) is 0.478. The van der Waals surface area contributed by atoms with Crippen LogP contribution in [0.3, 0.4) is 0 Å². The smallest absolute Gasteiger partial charge is 0.123 e. The first-order valence-electron chi connectivity index (χ1n) is 9.98. The lowest BCUT2D eigenvalue weighted by molar-refractivity contribution is 0.0987. The molecule has 4 rings (SSSR count). The lowest BCUT2D eigenvalue weighted by atomic mass is 9.75. The van der Waals surface area contributed by atoms with E-state index < -0.39 is 0 Å². The molecule has 138 valence electrons. The quantitative estimate of drug-likeness (QED) is 0.859. The van der Waals surface area contributed by atoms with Crippen LogP contribution in [0.4, 0.5) is 4.39 Å². The van der Waals surface area contributed by atoms with Gasteiger partial charge >= 0.3 is 0 Å². The Morgan fingerprint density at radius 1 is 0.846 bits per heavy atom. The van der Waals surface area contributed by atoms with Crippen molar-refractivity contribution in [3.63, 3.8) is 0 Å². The highest BCUT2D eigenvalue weighted by Crippen LogP contribution is 2.38. The van der Waals surface area contributed by atoms with Gasteiger partial charge in [0.2, 0.25) is 0 Å². The molecule has 1 aliphatic carbocycles. The van der Waals surface area contributed by atoms with E-state index in [0.717, 1.165) is 25.9 Å². The van der Waals surface area contributed by atoms with Crippen molar-refractivity contribution in [1.29, 1.82) is 0 Å². The Kier molecular flexibility index (Phi) is 5.10. The minimum atomic E-state index is -0.149. The molecular weight excluding hydrogens is 323 g/mol. The molecule has 2 aromatic carbocycles. The lowest BCUT2D eigenvalue weighted by Gasteiger charge is -2.44. The summed E-state index contributed by atoms with van der Waals surface area (Å²) in [6.07, 6.45) is 6.86. The first kappa shape index (κ1) is 17.7. The number of hydrogen-bond donors (Lipinski definition) is 1. The molecule has 2 fully saturated rings. The van der Waals surface area contributed by atoms with Gasteiger partial charge in [-0.15, -0.1) is 0 Å².